The average molecular weight is 327 g/mol. The van der Waals surface area contributed by atoms with E-state index in [1.165, 1.54) is 0 Å². The van der Waals surface area contributed by atoms with Gasteiger partial charge >= 0.3 is 0 Å². The van der Waals surface area contributed by atoms with Crippen molar-refractivity contribution in [1.82, 2.24) is 10.2 Å². The molecule has 0 fully saturated rings. The summed E-state index contributed by atoms with van der Waals surface area (Å²) in [6, 6.07) is 9.36. The molecule has 0 spiro atoms. The van der Waals surface area contributed by atoms with Crippen molar-refractivity contribution in [2.45, 2.75) is 6.54 Å². The molecule has 0 aliphatic carbocycles. The van der Waals surface area contributed by atoms with E-state index in [4.69, 9.17) is 34.8 Å². The fourth-order valence-electron chi connectivity index (χ4n) is 1.97. The van der Waals surface area contributed by atoms with Crippen LogP contribution < -0.4 is 5.32 Å². The van der Waals surface area contributed by atoms with Crippen LogP contribution in [0.2, 0.25) is 15.1 Å². The third-order valence-electron chi connectivity index (χ3n) is 3.05. The summed E-state index contributed by atoms with van der Waals surface area (Å²) in [7, 11) is 0. The van der Waals surface area contributed by atoms with Crippen LogP contribution in [-0.2, 0) is 6.54 Å². The number of aromatic nitrogens is 2. The first-order chi connectivity index (χ1) is 9.65. The summed E-state index contributed by atoms with van der Waals surface area (Å²) in [6.45, 7) is 0.502. The van der Waals surface area contributed by atoms with E-state index in [2.05, 4.69) is 15.5 Å². The van der Waals surface area contributed by atoms with Crippen molar-refractivity contribution in [2.75, 3.05) is 5.32 Å². The zero-order valence-electron chi connectivity index (χ0n) is 10.3. The molecule has 2 N–H and O–H groups in total. The number of aromatic amines is 1. The summed E-state index contributed by atoms with van der Waals surface area (Å²) in [6.07, 6.45) is 1.78. The predicted molar refractivity (Wildman–Crippen MR) is 84.9 cm³/mol. The van der Waals surface area contributed by atoms with Gasteiger partial charge in [-0.15, -0.1) is 0 Å². The van der Waals surface area contributed by atoms with Crippen molar-refractivity contribution in [2.24, 2.45) is 0 Å². The highest BCUT2D eigenvalue weighted by Crippen LogP contribution is 2.32. The second kappa shape index (κ2) is 5.52. The largest absolute Gasteiger partial charge is 0.381 e. The molecule has 0 radical (unpaired) electrons. The normalized spacial score (nSPS) is 10.9. The van der Waals surface area contributed by atoms with E-state index in [9.17, 15) is 0 Å². The van der Waals surface area contributed by atoms with Crippen molar-refractivity contribution >= 4 is 51.4 Å². The lowest BCUT2D eigenvalue weighted by atomic mass is 10.2. The molecule has 6 heteroatoms. The number of nitrogens with one attached hydrogen (secondary N) is 2. The molecule has 0 saturated carbocycles. The van der Waals surface area contributed by atoms with Crippen molar-refractivity contribution in [3.05, 3.63) is 57.2 Å². The maximum Gasteiger partial charge on any atom is 0.0657 e. The molecule has 0 aliphatic rings. The molecule has 3 aromatic rings. The second-order valence-electron chi connectivity index (χ2n) is 4.35. The number of hydrogen-bond acceptors (Lipinski definition) is 2. The van der Waals surface area contributed by atoms with Gasteiger partial charge in [0.2, 0.25) is 0 Å². The average Bonchev–Trinajstić information content (AvgIpc) is 2.90. The zero-order chi connectivity index (χ0) is 14.1. The van der Waals surface area contributed by atoms with Crippen molar-refractivity contribution in [1.29, 1.82) is 0 Å². The highest BCUT2D eigenvalue weighted by Gasteiger charge is 2.09. The van der Waals surface area contributed by atoms with Crippen LogP contribution in [0.4, 0.5) is 5.69 Å². The van der Waals surface area contributed by atoms with Crippen LogP contribution >= 0.6 is 34.8 Å². The zero-order valence-corrected chi connectivity index (χ0v) is 12.5. The van der Waals surface area contributed by atoms with Gasteiger partial charge in [0.1, 0.15) is 0 Å². The Morgan fingerprint density at radius 2 is 1.85 bits per heavy atom. The molecule has 3 rings (SSSR count). The highest BCUT2D eigenvalue weighted by atomic mass is 35.5. The van der Waals surface area contributed by atoms with Crippen LogP contribution in [0.3, 0.4) is 0 Å². The topological polar surface area (TPSA) is 40.7 Å². The summed E-state index contributed by atoms with van der Waals surface area (Å²) in [5.41, 5.74) is 2.74. The van der Waals surface area contributed by atoms with Crippen LogP contribution in [0.25, 0.3) is 10.9 Å². The Bertz CT molecular complexity index is 767. The number of rotatable bonds is 3. The molecule has 20 heavy (non-hydrogen) atoms. The van der Waals surface area contributed by atoms with E-state index >= 15 is 0 Å². The summed E-state index contributed by atoms with van der Waals surface area (Å²) >= 11 is 18.3. The number of nitrogens with zero attached hydrogens (tertiary/aromatic N) is 1. The van der Waals surface area contributed by atoms with Gasteiger partial charge < -0.3 is 5.32 Å². The van der Waals surface area contributed by atoms with Gasteiger partial charge in [-0.3, -0.25) is 5.10 Å². The van der Waals surface area contributed by atoms with E-state index in [1.807, 2.05) is 18.2 Å². The lowest BCUT2D eigenvalue weighted by Crippen LogP contribution is -2.01. The van der Waals surface area contributed by atoms with Gasteiger partial charge in [-0.2, -0.15) is 5.10 Å². The molecule has 3 nitrogen and oxygen atoms in total. The number of hydrogen-bond donors (Lipinski definition) is 2. The smallest absolute Gasteiger partial charge is 0.0657 e. The van der Waals surface area contributed by atoms with E-state index < -0.39 is 0 Å². The van der Waals surface area contributed by atoms with Crippen LogP contribution in [-0.4, -0.2) is 10.2 Å². The van der Waals surface area contributed by atoms with Gasteiger partial charge in [-0.25, -0.2) is 0 Å². The Morgan fingerprint density at radius 3 is 2.70 bits per heavy atom. The lowest BCUT2D eigenvalue weighted by Gasteiger charge is -2.11. The van der Waals surface area contributed by atoms with Crippen LogP contribution in [0.1, 0.15) is 5.56 Å². The summed E-state index contributed by atoms with van der Waals surface area (Å²) < 4.78 is 0. The summed E-state index contributed by atoms with van der Waals surface area (Å²) in [5, 5.41) is 12.8. The monoisotopic (exact) mass is 325 g/mol. The van der Waals surface area contributed by atoms with Crippen molar-refractivity contribution < 1.29 is 0 Å². The van der Waals surface area contributed by atoms with Crippen LogP contribution in [0.5, 0.6) is 0 Å². The van der Waals surface area contributed by atoms with Crippen molar-refractivity contribution in [3.63, 3.8) is 0 Å². The molecule has 0 amide bonds. The van der Waals surface area contributed by atoms with Gasteiger partial charge in [0.25, 0.3) is 0 Å². The number of fused-ring (bicyclic) bond motifs is 1. The minimum atomic E-state index is 0.482. The van der Waals surface area contributed by atoms with E-state index in [-0.39, 0.29) is 0 Å². The predicted octanol–water partition coefficient (Wildman–Crippen LogP) is 5.14. The Balaban J connectivity index is 1.84. The molecular weight excluding hydrogens is 317 g/mol. The Labute approximate surface area is 130 Å². The Morgan fingerprint density at radius 1 is 1.05 bits per heavy atom. The molecule has 1 heterocycles. The first-order valence-electron chi connectivity index (χ1n) is 5.94. The first-order valence-corrected chi connectivity index (χ1v) is 7.08. The lowest BCUT2D eigenvalue weighted by molar-refractivity contribution is 1.12. The maximum absolute atomic E-state index is 6.17. The second-order valence-corrected chi connectivity index (χ2v) is 5.54. The third kappa shape index (κ3) is 2.57. The molecule has 0 atom stereocenters. The molecule has 1 aromatic heterocycles. The van der Waals surface area contributed by atoms with Gasteiger partial charge in [-0.05, 0) is 30.3 Å². The first kappa shape index (κ1) is 13.6. The van der Waals surface area contributed by atoms with Gasteiger partial charge in [0.15, 0.2) is 0 Å². The van der Waals surface area contributed by atoms with Crippen LogP contribution in [0, 0.1) is 0 Å². The van der Waals surface area contributed by atoms with E-state index in [0.717, 1.165) is 22.2 Å². The quantitative estimate of drug-likeness (QED) is 0.655. The molecule has 0 aliphatic heterocycles. The number of halogens is 3. The van der Waals surface area contributed by atoms with Crippen molar-refractivity contribution in [3.8, 4) is 0 Å². The SMILES string of the molecule is Clc1ccc(Cl)c(CNc2ccc3[nH]ncc3c2)c1Cl. The van der Waals surface area contributed by atoms with Gasteiger partial charge in [0, 0.05) is 28.2 Å². The fraction of sp³-hybridized carbons (Fsp3) is 0.0714. The van der Waals surface area contributed by atoms with Crippen LogP contribution in [0.15, 0.2) is 36.5 Å². The fourth-order valence-corrected chi connectivity index (χ4v) is 2.66. The standard InChI is InChI=1S/C14H10Cl3N3/c15-11-2-3-12(16)14(17)10(11)7-18-9-1-4-13-8(5-9)6-19-20-13/h1-6,18H,7H2,(H,19,20). The molecule has 0 saturated heterocycles. The number of benzene rings is 2. The number of anilines is 1. The molecule has 2 aromatic carbocycles. The minimum absolute atomic E-state index is 0.482. The Hall–Kier alpha value is -1.42. The number of H-pyrrole nitrogens is 1. The van der Waals surface area contributed by atoms with E-state index in [1.54, 1.807) is 18.3 Å². The summed E-state index contributed by atoms with van der Waals surface area (Å²) in [4.78, 5) is 0. The third-order valence-corrected chi connectivity index (χ3v) is 4.25. The Kier molecular flexibility index (Phi) is 3.74. The van der Waals surface area contributed by atoms with Gasteiger partial charge in [0.05, 0.1) is 21.8 Å². The minimum Gasteiger partial charge on any atom is -0.381 e. The van der Waals surface area contributed by atoms with Gasteiger partial charge in [-0.1, -0.05) is 34.8 Å². The maximum atomic E-state index is 6.17. The highest BCUT2D eigenvalue weighted by molar-refractivity contribution is 6.44. The molecular formula is C14H10Cl3N3. The molecule has 0 bridgehead atoms. The summed E-state index contributed by atoms with van der Waals surface area (Å²) in [5.74, 6) is 0. The molecule has 0 unspecified atom stereocenters. The van der Waals surface area contributed by atoms with E-state index in [0.29, 0.717) is 21.6 Å². The molecule has 102 valence electrons.